The zero-order valence-corrected chi connectivity index (χ0v) is 8.91. The molecule has 0 bridgehead atoms. The van der Waals surface area contributed by atoms with E-state index in [0.29, 0.717) is 12.1 Å². The Kier molecular flexibility index (Phi) is 4.14. The molecule has 1 rings (SSSR count). The highest BCUT2D eigenvalue weighted by atomic mass is 19.4. The number of hydrogen-bond donors (Lipinski definition) is 2. The summed E-state index contributed by atoms with van der Waals surface area (Å²) in [6.45, 7) is 0.295. The molecule has 0 unspecified atom stereocenters. The third-order valence-electron chi connectivity index (χ3n) is 1.93. The van der Waals surface area contributed by atoms with E-state index in [0.717, 1.165) is 12.1 Å². The van der Waals surface area contributed by atoms with Crippen molar-refractivity contribution in [2.75, 3.05) is 6.54 Å². The van der Waals surface area contributed by atoms with Crippen LogP contribution in [0.25, 0.3) is 6.08 Å². The molecule has 0 atom stereocenters. The number of alkyl halides is 3. The van der Waals surface area contributed by atoms with Crippen molar-refractivity contribution < 1.29 is 13.2 Å². The highest BCUT2D eigenvalue weighted by molar-refractivity contribution is 5.75. The second-order valence-corrected chi connectivity index (χ2v) is 3.29. The van der Waals surface area contributed by atoms with Gasteiger partial charge in [0.25, 0.3) is 0 Å². The van der Waals surface area contributed by atoms with Crippen LogP contribution in [0.15, 0.2) is 35.3 Å². The zero-order chi connectivity index (χ0) is 12.9. The molecule has 6 heteroatoms. The van der Waals surface area contributed by atoms with E-state index in [2.05, 4.69) is 4.99 Å². The van der Waals surface area contributed by atoms with Gasteiger partial charge in [-0.2, -0.15) is 13.2 Å². The van der Waals surface area contributed by atoms with Crippen LogP contribution in [0.3, 0.4) is 0 Å². The van der Waals surface area contributed by atoms with Crippen molar-refractivity contribution in [2.24, 2.45) is 16.5 Å². The Morgan fingerprint density at radius 1 is 1.18 bits per heavy atom. The van der Waals surface area contributed by atoms with Crippen LogP contribution in [0.1, 0.15) is 11.1 Å². The van der Waals surface area contributed by atoms with Crippen molar-refractivity contribution in [3.63, 3.8) is 0 Å². The lowest BCUT2D eigenvalue weighted by Crippen LogP contribution is -2.22. The van der Waals surface area contributed by atoms with E-state index in [-0.39, 0.29) is 5.96 Å². The van der Waals surface area contributed by atoms with Crippen molar-refractivity contribution in [3.05, 3.63) is 41.5 Å². The van der Waals surface area contributed by atoms with Gasteiger partial charge in [0, 0.05) is 0 Å². The second kappa shape index (κ2) is 5.38. The summed E-state index contributed by atoms with van der Waals surface area (Å²) in [5.74, 6) is -0.0259. The number of benzene rings is 1. The van der Waals surface area contributed by atoms with E-state index in [1.54, 1.807) is 12.2 Å². The quantitative estimate of drug-likeness (QED) is 0.630. The maximum Gasteiger partial charge on any atom is 0.416 e. The smallest absolute Gasteiger partial charge is 0.370 e. The fourth-order valence-electron chi connectivity index (χ4n) is 1.13. The lowest BCUT2D eigenvalue weighted by atomic mass is 10.1. The van der Waals surface area contributed by atoms with Crippen LogP contribution < -0.4 is 11.5 Å². The summed E-state index contributed by atoms with van der Waals surface area (Å²) in [5.41, 5.74) is 10.2. The van der Waals surface area contributed by atoms with Gasteiger partial charge in [0.1, 0.15) is 0 Å². The SMILES string of the molecule is NC(N)=NC/C=C/c1ccc(C(F)(F)F)cc1. The van der Waals surface area contributed by atoms with Gasteiger partial charge in [0.15, 0.2) is 5.96 Å². The number of guanidine groups is 1. The first-order valence-electron chi connectivity index (χ1n) is 4.79. The Bertz CT molecular complexity index is 415. The minimum atomic E-state index is -4.31. The minimum Gasteiger partial charge on any atom is -0.370 e. The van der Waals surface area contributed by atoms with Gasteiger partial charge in [-0.05, 0) is 17.7 Å². The molecule has 0 aromatic heterocycles. The summed E-state index contributed by atoms with van der Waals surface area (Å²) in [4.78, 5) is 3.70. The summed E-state index contributed by atoms with van der Waals surface area (Å²) >= 11 is 0. The highest BCUT2D eigenvalue weighted by Gasteiger charge is 2.29. The van der Waals surface area contributed by atoms with Crippen molar-refractivity contribution in [1.29, 1.82) is 0 Å². The van der Waals surface area contributed by atoms with Gasteiger partial charge >= 0.3 is 6.18 Å². The Labute approximate surface area is 96.6 Å². The van der Waals surface area contributed by atoms with Gasteiger partial charge in [-0.25, -0.2) is 4.99 Å². The summed E-state index contributed by atoms with van der Waals surface area (Å²) in [7, 11) is 0. The Balaban J connectivity index is 2.66. The molecule has 3 nitrogen and oxygen atoms in total. The van der Waals surface area contributed by atoms with Crippen molar-refractivity contribution >= 4 is 12.0 Å². The third kappa shape index (κ3) is 4.58. The molecule has 4 N–H and O–H groups in total. The Morgan fingerprint density at radius 2 is 1.76 bits per heavy atom. The molecule has 0 aliphatic rings. The number of halogens is 3. The summed E-state index contributed by atoms with van der Waals surface area (Å²) in [6.07, 6.45) is -1.00. The molecule has 0 radical (unpaired) electrons. The molecule has 92 valence electrons. The van der Waals surface area contributed by atoms with Crippen LogP contribution in [0.2, 0.25) is 0 Å². The molecule has 0 saturated carbocycles. The first-order chi connectivity index (χ1) is 7.89. The van der Waals surface area contributed by atoms with E-state index < -0.39 is 11.7 Å². The largest absolute Gasteiger partial charge is 0.416 e. The first-order valence-corrected chi connectivity index (χ1v) is 4.79. The van der Waals surface area contributed by atoms with Gasteiger partial charge in [0.2, 0.25) is 0 Å². The van der Waals surface area contributed by atoms with E-state index in [1.807, 2.05) is 0 Å². The average Bonchev–Trinajstić information content (AvgIpc) is 2.23. The average molecular weight is 243 g/mol. The Hall–Kier alpha value is -1.98. The van der Waals surface area contributed by atoms with Crippen molar-refractivity contribution in [1.82, 2.24) is 0 Å². The number of nitrogens with zero attached hydrogens (tertiary/aromatic N) is 1. The molecule has 0 fully saturated rings. The standard InChI is InChI=1S/C11H12F3N3/c12-11(13,14)9-5-3-8(4-6-9)2-1-7-17-10(15)16/h1-6H,7H2,(H4,15,16,17)/b2-1+. The molecule has 0 aliphatic heterocycles. The topological polar surface area (TPSA) is 64.4 Å². The van der Waals surface area contributed by atoms with Crippen LogP contribution >= 0.6 is 0 Å². The molecule has 0 heterocycles. The lowest BCUT2D eigenvalue weighted by Gasteiger charge is -2.05. The maximum atomic E-state index is 12.3. The van der Waals surface area contributed by atoms with Crippen LogP contribution in [-0.4, -0.2) is 12.5 Å². The molecular weight excluding hydrogens is 231 g/mol. The molecule has 0 saturated heterocycles. The van der Waals surface area contributed by atoms with Crippen LogP contribution in [0, 0.1) is 0 Å². The number of aliphatic imine (C=N–C) groups is 1. The number of nitrogens with two attached hydrogens (primary N) is 2. The number of rotatable bonds is 3. The van der Waals surface area contributed by atoms with E-state index in [1.165, 1.54) is 12.1 Å². The van der Waals surface area contributed by atoms with Crippen molar-refractivity contribution in [2.45, 2.75) is 6.18 Å². The van der Waals surface area contributed by atoms with E-state index in [4.69, 9.17) is 11.5 Å². The maximum absolute atomic E-state index is 12.3. The molecule has 1 aromatic carbocycles. The number of hydrogen-bond acceptors (Lipinski definition) is 1. The predicted octanol–water partition coefficient (Wildman–Crippen LogP) is 1.99. The monoisotopic (exact) mass is 243 g/mol. The fourth-order valence-corrected chi connectivity index (χ4v) is 1.13. The molecular formula is C11H12F3N3. The van der Waals surface area contributed by atoms with Gasteiger partial charge in [-0.3, -0.25) is 0 Å². The highest BCUT2D eigenvalue weighted by Crippen LogP contribution is 2.29. The molecule has 0 aliphatic carbocycles. The molecule has 0 amide bonds. The van der Waals surface area contributed by atoms with Gasteiger partial charge in [-0.15, -0.1) is 0 Å². The lowest BCUT2D eigenvalue weighted by molar-refractivity contribution is -0.137. The molecule has 1 aromatic rings. The fraction of sp³-hybridized carbons (Fsp3) is 0.182. The van der Waals surface area contributed by atoms with Gasteiger partial charge in [0.05, 0.1) is 12.1 Å². The van der Waals surface area contributed by atoms with E-state index >= 15 is 0 Å². The zero-order valence-electron chi connectivity index (χ0n) is 8.91. The summed E-state index contributed by atoms with van der Waals surface area (Å²) < 4.78 is 36.8. The van der Waals surface area contributed by atoms with E-state index in [9.17, 15) is 13.2 Å². The third-order valence-corrected chi connectivity index (χ3v) is 1.93. The van der Waals surface area contributed by atoms with Crippen LogP contribution in [-0.2, 0) is 6.18 Å². The van der Waals surface area contributed by atoms with Crippen molar-refractivity contribution in [3.8, 4) is 0 Å². The summed E-state index contributed by atoms with van der Waals surface area (Å²) in [5, 5.41) is 0. The normalized spacial score (nSPS) is 11.7. The second-order valence-electron chi connectivity index (χ2n) is 3.29. The van der Waals surface area contributed by atoms with Crippen LogP contribution in [0.5, 0.6) is 0 Å². The van der Waals surface area contributed by atoms with Gasteiger partial charge < -0.3 is 11.5 Å². The molecule has 17 heavy (non-hydrogen) atoms. The Morgan fingerprint density at radius 3 is 2.24 bits per heavy atom. The van der Waals surface area contributed by atoms with Crippen LogP contribution in [0.4, 0.5) is 13.2 Å². The predicted molar refractivity (Wildman–Crippen MR) is 61.2 cm³/mol. The minimum absolute atomic E-state index is 0.0259. The molecule has 0 spiro atoms. The first kappa shape index (κ1) is 13.1. The van der Waals surface area contributed by atoms with Gasteiger partial charge in [-0.1, -0.05) is 24.3 Å². The summed E-state index contributed by atoms with van der Waals surface area (Å²) in [6, 6.07) is 4.82.